The molecule has 0 spiro atoms. The highest BCUT2D eigenvalue weighted by atomic mass is 19.4. The minimum absolute atomic E-state index is 0.0316. The summed E-state index contributed by atoms with van der Waals surface area (Å²) in [5.74, 6) is 0.348. The number of rotatable bonds is 6. The summed E-state index contributed by atoms with van der Waals surface area (Å²) in [4.78, 5) is 16.2. The van der Waals surface area contributed by atoms with Crippen molar-refractivity contribution in [3.63, 3.8) is 0 Å². The number of benzene rings is 2. The Hall–Kier alpha value is -3.29. The molecule has 1 heterocycles. The smallest absolute Gasteiger partial charge is 0.416 e. The van der Waals surface area contributed by atoms with Crippen LogP contribution in [0.1, 0.15) is 30.0 Å². The van der Waals surface area contributed by atoms with E-state index in [1.54, 1.807) is 18.2 Å². The SMILES string of the molecule is CCCOc1ccc(C=C2N=C(c3ccc(C(F)(F)F)cc3)OC2=O)cc1OC. The maximum absolute atomic E-state index is 12.7. The van der Waals surface area contributed by atoms with Crippen molar-refractivity contribution >= 4 is 17.9 Å². The number of hydrogen-bond donors (Lipinski definition) is 0. The number of hydrogen-bond acceptors (Lipinski definition) is 5. The molecule has 5 nitrogen and oxygen atoms in total. The Morgan fingerprint density at radius 2 is 1.83 bits per heavy atom. The van der Waals surface area contributed by atoms with Gasteiger partial charge in [0, 0.05) is 5.56 Å². The van der Waals surface area contributed by atoms with E-state index in [1.165, 1.54) is 25.3 Å². The molecule has 0 saturated heterocycles. The Balaban J connectivity index is 1.85. The molecular formula is C21H18F3NO4. The summed E-state index contributed by atoms with van der Waals surface area (Å²) in [5, 5.41) is 0. The Morgan fingerprint density at radius 1 is 1.10 bits per heavy atom. The maximum Gasteiger partial charge on any atom is 0.416 e. The second kappa shape index (κ2) is 8.38. The largest absolute Gasteiger partial charge is 0.493 e. The average molecular weight is 405 g/mol. The summed E-state index contributed by atoms with van der Waals surface area (Å²) in [7, 11) is 1.51. The van der Waals surface area contributed by atoms with Crippen LogP contribution in [0, 0.1) is 0 Å². The van der Waals surface area contributed by atoms with Gasteiger partial charge in [0.05, 0.1) is 19.3 Å². The molecule has 0 aromatic heterocycles. The van der Waals surface area contributed by atoms with Gasteiger partial charge < -0.3 is 14.2 Å². The number of nitrogens with zero attached hydrogens (tertiary/aromatic N) is 1. The van der Waals surface area contributed by atoms with Crippen LogP contribution in [0.4, 0.5) is 13.2 Å². The van der Waals surface area contributed by atoms with Gasteiger partial charge in [0.1, 0.15) is 0 Å². The minimum Gasteiger partial charge on any atom is -0.493 e. The van der Waals surface area contributed by atoms with E-state index in [1.807, 2.05) is 6.92 Å². The Labute approximate surface area is 165 Å². The molecule has 0 amide bonds. The topological polar surface area (TPSA) is 57.1 Å². The fourth-order valence-electron chi connectivity index (χ4n) is 2.60. The quantitative estimate of drug-likeness (QED) is 0.509. The van der Waals surface area contributed by atoms with E-state index in [9.17, 15) is 18.0 Å². The molecule has 0 fully saturated rings. The Kier molecular flexibility index (Phi) is 5.91. The van der Waals surface area contributed by atoms with Gasteiger partial charge in [-0.2, -0.15) is 13.2 Å². The summed E-state index contributed by atoms with van der Waals surface area (Å²) in [5.41, 5.74) is 0.148. The highest BCUT2D eigenvalue weighted by Crippen LogP contribution is 2.31. The lowest BCUT2D eigenvalue weighted by atomic mass is 10.1. The molecule has 1 aliphatic heterocycles. The van der Waals surface area contributed by atoms with Crippen molar-refractivity contribution in [3.8, 4) is 11.5 Å². The summed E-state index contributed by atoms with van der Waals surface area (Å²) in [6.07, 6.45) is -2.09. The van der Waals surface area contributed by atoms with Crippen LogP contribution >= 0.6 is 0 Å². The van der Waals surface area contributed by atoms with Gasteiger partial charge in [-0.05, 0) is 54.5 Å². The van der Waals surface area contributed by atoms with Gasteiger partial charge in [-0.25, -0.2) is 9.79 Å². The Bertz CT molecular complexity index is 963. The number of esters is 1. The van der Waals surface area contributed by atoms with Gasteiger partial charge >= 0.3 is 12.1 Å². The van der Waals surface area contributed by atoms with E-state index in [-0.39, 0.29) is 17.2 Å². The van der Waals surface area contributed by atoms with Gasteiger partial charge in [-0.15, -0.1) is 0 Å². The molecule has 2 aromatic rings. The first-order valence-electron chi connectivity index (χ1n) is 8.83. The average Bonchev–Trinajstić information content (AvgIpc) is 3.06. The number of alkyl halides is 3. The third-order valence-electron chi connectivity index (χ3n) is 4.03. The highest BCUT2D eigenvalue weighted by molar-refractivity contribution is 6.12. The first-order valence-corrected chi connectivity index (χ1v) is 8.83. The second-order valence-corrected chi connectivity index (χ2v) is 6.17. The van der Waals surface area contributed by atoms with Crippen molar-refractivity contribution in [1.82, 2.24) is 0 Å². The van der Waals surface area contributed by atoms with Gasteiger partial charge in [0.25, 0.3) is 0 Å². The van der Waals surface area contributed by atoms with E-state index in [0.29, 0.717) is 23.7 Å². The van der Waals surface area contributed by atoms with Gasteiger partial charge in [-0.1, -0.05) is 13.0 Å². The fraction of sp³-hybridized carbons (Fsp3) is 0.238. The van der Waals surface area contributed by atoms with Gasteiger partial charge in [0.15, 0.2) is 17.2 Å². The maximum atomic E-state index is 12.7. The zero-order chi connectivity index (χ0) is 21.0. The molecule has 2 aromatic carbocycles. The fourth-order valence-corrected chi connectivity index (χ4v) is 2.60. The van der Waals surface area contributed by atoms with E-state index < -0.39 is 17.7 Å². The van der Waals surface area contributed by atoms with Crippen LogP contribution in [0.2, 0.25) is 0 Å². The number of methoxy groups -OCH3 is 1. The van der Waals surface area contributed by atoms with Crippen molar-refractivity contribution in [2.24, 2.45) is 4.99 Å². The zero-order valence-electron chi connectivity index (χ0n) is 15.7. The normalized spacial score (nSPS) is 15.3. The molecule has 152 valence electrons. The molecule has 3 rings (SSSR count). The summed E-state index contributed by atoms with van der Waals surface area (Å²) in [6.45, 7) is 2.53. The van der Waals surface area contributed by atoms with Crippen molar-refractivity contribution in [2.75, 3.05) is 13.7 Å². The van der Waals surface area contributed by atoms with E-state index >= 15 is 0 Å². The standard InChI is InChI=1S/C21H18F3NO4/c1-3-10-28-17-9-4-13(12-18(17)27-2)11-16-20(26)29-19(25-16)14-5-7-15(8-6-14)21(22,23)24/h4-9,11-12H,3,10H2,1-2H3. The van der Waals surface area contributed by atoms with Crippen LogP contribution in [0.15, 0.2) is 53.2 Å². The molecule has 1 aliphatic rings. The number of carbonyl (C=O) groups is 1. The molecule has 0 N–H and O–H groups in total. The van der Waals surface area contributed by atoms with Crippen LogP contribution in [0.25, 0.3) is 6.08 Å². The van der Waals surface area contributed by atoms with Crippen LogP contribution in [0.5, 0.6) is 11.5 Å². The van der Waals surface area contributed by atoms with E-state index in [2.05, 4.69) is 4.99 Å². The third-order valence-corrected chi connectivity index (χ3v) is 4.03. The summed E-state index contributed by atoms with van der Waals surface area (Å²) >= 11 is 0. The lowest BCUT2D eigenvalue weighted by molar-refractivity contribution is -0.137. The second-order valence-electron chi connectivity index (χ2n) is 6.17. The van der Waals surface area contributed by atoms with Crippen molar-refractivity contribution in [2.45, 2.75) is 19.5 Å². The minimum atomic E-state index is -4.44. The van der Waals surface area contributed by atoms with Crippen LogP contribution in [0.3, 0.4) is 0 Å². The molecule has 0 atom stereocenters. The highest BCUT2D eigenvalue weighted by Gasteiger charge is 2.31. The zero-order valence-corrected chi connectivity index (χ0v) is 15.7. The monoisotopic (exact) mass is 405 g/mol. The number of halogens is 3. The molecule has 29 heavy (non-hydrogen) atoms. The predicted octanol–water partition coefficient (Wildman–Crippen LogP) is 4.85. The van der Waals surface area contributed by atoms with E-state index in [0.717, 1.165) is 18.6 Å². The number of aliphatic imine (C=N–C) groups is 1. The van der Waals surface area contributed by atoms with Gasteiger partial charge in [0.2, 0.25) is 5.90 Å². The lowest BCUT2D eigenvalue weighted by Crippen LogP contribution is -2.08. The molecular weight excluding hydrogens is 387 g/mol. The molecule has 0 saturated carbocycles. The molecule has 8 heteroatoms. The molecule has 0 aliphatic carbocycles. The summed E-state index contributed by atoms with van der Waals surface area (Å²) in [6, 6.07) is 9.39. The van der Waals surface area contributed by atoms with E-state index in [4.69, 9.17) is 14.2 Å². The first kappa shape index (κ1) is 20.4. The van der Waals surface area contributed by atoms with Gasteiger partial charge in [-0.3, -0.25) is 0 Å². The summed E-state index contributed by atoms with van der Waals surface area (Å²) < 4.78 is 54.0. The van der Waals surface area contributed by atoms with Crippen LogP contribution in [-0.2, 0) is 15.7 Å². The van der Waals surface area contributed by atoms with Crippen LogP contribution < -0.4 is 9.47 Å². The lowest BCUT2D eigenvalue weighted by Gasteiger charge is -2.10. The first-order chi connectivity index (χ1) is 13.8. The third kappa shape index (κ3) is 4.77. The van der Waals surface area contributed by atoms with Crippen molar-refractivity contribution in [1.29, 1.82) is 0 Å². The van der Waals surface area contributed by atoms with Crippen LogP contribution in [-0.4, -0.2) is 25.6 Å². The predicted molar refractivity (Wildman–Crippen MR) is 101 cm³/mol. The Morgan fingerprint density at radius 3 is 2.45 bits per heavy atom. The van der Waals surface area contributed by atoms with Crippen molar-refractivity contribution < 1.29 is 32.2 Å². The number of ether oxygens (including phenoxy) is 3. The molecule has 0 bridgehead atoms. The number of cyclic esters (lactones) is 1. The molecule has 0 radical (unpaired) electrons. The van der Waals surface area contributed by atoms with Crippen molar-refractivity contribution in [3.05, 3.63) is 64.9 Å². The number of carbonyl (C=O) groups excluding carboxylic acids is 1. The molecule has 0 unspecified atom stereocenters.